The van der Waals surface area contributed by atoms with Crippen LogP contribution >= 0.6 is 11.6 Å². The summed E-state index contributed by atoms with van der Waals surface area (Å²) < 4.78 is 5.58. The maximum absolute atomic E-state index is 12.2. The van der Waals surface area contributed by atoms with E-state index in [0.29, 0.717) is 24.1 Å². The van der Waals surface area contributed by atoms with Crippen molar-refractivity contribution < 1.29 is 9.53 Å². The fourth-order valence-corrected chi connectivity index (χ4v) is 3.04. The van der Waals surface area contributed by atoms with Crippen LogP contribution in [0.3, 0.4) is 0 Å². The molecule has 1 saturated heterocycles. The fourth-order valence-electron chi connectivity index (χ4n) is 2.91. The fraction of sp³-hybridized carbons (Fsp3) is 0.611. The zero-order chi connectivity index (χ0) is 16.7. The molecule has 1 amide bonds. The van der Waals surface area contributed by atoms with Gasteiger partial charge in [-0.25, -0.2) is 0 Å². The lowest BCUT2D eigenvalue weighted by atomic mass is 9.95. The molecule has 0 radical (unpaired) electrons. The van der Waals surface area contributed by atoms with E-state index in [1.54, 1.807) is 12.1 Å². The Hall–Kier alpha value is -1.26. The predicted octanol–water partition coefficient (Wildman–Crippen LogP) is 3.20. The summed E-state index contributed by atoms with van der Waals surface area (Å²) in [6.07, 6.45) is 1.91. The number of halogens is 1. The van der Waals surface area contributed by atoms with Crippen LogP contribution in [0.2, 0.25) is 5.02 Å². The van der Waals surface area contributed by atoms with Gasteiger partial charge in [-0.3, -0.25) is 4.79 Å². The molecule has 0 aliphatic carbocycles. The minimum Gasteiger partial charge on any atom is -0.492 e. The number of amides is 1. The maximum atomic E-state index is 12.2. The highest BCUT2D eigenvalue weighted by molar-refractivity contribution is 6.30. The van der Waals surface area contributed by atoms with Crippen LogP contribution in [0.5, 0.6) is 5.75 Å². The van der Waals surface area contributed by atoms with Gasteiger partial charge in [-0.15, -0.1) is 0 Å². The molecule has 1 N–H and O–H groups in total. The number of carbonyl (C=O) groups is 1. The second-order valence-electron chi connectivity index (χ2n) is 6.56. The highest BCUT2D eigenvalue weighted by Crippen LogP contribution is 2.18. The smallest absolute Gasteiger partial charge is 0.223 e. The van der Waals surface area contributed by atoms with Crippen molar-refractivity contribution in [2.75, 3.05) is 32.8 Å². The van der Waals surface area contributed by atoms with Crippen LogP contribution in [0.4, 0.5) is 0 Å². The van der Waals surface area contributed by atoms with E-state index in [0.717, 1.165) is 38.2 Å². The molecule has 0 unspecified atom stereocenters. The number of ether oxygens (including phenoxy) is 1. The highest BCUT2D eigenvalue weighted by atomic mass is 35.5. The predicted molar refractivity (Wildman–Crippen MR) is 94.0 cm³/mol. The van der Waals surface area contributed by atoms with E-state index < -0.39 is 0 Å². The van der Waals surface area contributed by atoms with E-state index in [1.165, 1.54) is 0 Å². The molecule has 0 bridgehead atoms. The SMILES string of the molecule is CC(C)CN1CCC(C(=O)NCCOc2ccc(Cl)cc2)CC1. The zero-order valence-corrected chi connectivity index (χ0v) is 14.8. The molecule has 1 aliphatic rings. The summed E-state index contributed by atoms with van der Waals surface area (Å²) in [6, 6.07) is 7.24. The van der Waals surface area contributed by atoms with E-state index in [4.69, 9.17) is 16.3 Å². The quantitative estimate of drug-likeness (QED) is 0.776. The van der Waals surface area contributed by atoms with Crippen LogP contribution < -0.4 is 10.1 Å². The summed E-state index contributed by atoms with van der Waals surface area (Å²) in [6.45, 7) is 8.66. The molecular weight excluding hydrogens is 312 g/mol. The van der Waals surface area contributed by atoms with Gasteiger partial charge < -0.3 is 15.0 Å². The third-order valence-electron chi connectivity index (χ3n) is 4.07. The minimum atomic E-state index is 0.147. The van der Waals surface area contributed by atoms with Crippen molar-refractivity contribution in [1.29, 1.82) is 0 Å². The van der Waals surface area contributed by atoms with Gasteiger partial charge in [-0.05, 0) is 56.1 Å². The molecule has 4 nitrogen and oxygen atoms in total. The first kappa shape index (κ1) is 18.1. The molecule has 5 heteroatoms. The van der Waals surface area contributed by atoms with E-state index in [1.807, 2.05) is 12.1 Å². The Balaban J connectivity index is 1.61. The second kappa shape index (κ2) is 9.14. The third-order valence-corrected chi connectivity index (χ3v) is 4.32. The van der Waals surface area contributed by atoms with Crippen LogP contribution in [0, 0.1) is 11.8 Å². The van der Waals surface area contributed by atoms with Gasteiger partial charge in [0.25, 0.3) is 0 Å². The van der Waals surface area contributed by atoms with Gasteiger partial charge in [0.05, 0.1) is 6.54 Å². The van der Waals surface area contributed by atoms with Gasteiger partial charge in [0.1, 0.15) is 12.4 Å². The Bertz CT molecular complexity index is 482. The number of rotatable bonds is 7. The van der Waals surface area contributed by atoms with Gasteiger partial charge in [-0.2, -0.15) is 0 Å². The Labute approximate surface area is 144 Å². The molecule has 0 saturated carbocycles. The van der Waals surface area contributed by atoms with E-state index in [2.05, 4.69) is 24.1 Å². The Morgan fingerprint density at radius 2 is 1.96 bits per heavy atom. The number of likely N-dealkylation sites (tertiary alicyclic amines) is 1. The normalized spacial score (nSPS) is 16.5. The lowest BCUT2D eigenvalue weighted by Gasteiger charge is -2.32. The van der Waals surface area contributed by atoms with E-state index in [-0.39, 0.29) is 11.8 Å². The Kier molecular flexibility index (Phi) is 7.18. The second-order valence-corrected chi connectivity index (χ2v) is 7.00. The maximum Gasteiger partial charge on any atom is 0.223 e. The van der Waals surface area contributed by atoms with Gasteiger partial charge in [0, 0.05) is 17.5 Å². The van der Waals surface area contributed by atoms with Crippen molar-refractivity contribution in [2.24, 2.45) is 11.8 Å². The van der Waals surface area contributed by atoms with E-state index >= 15 is 0 Å². The molecule has 1 aliphatic heterocycles. The van der Waals surface area contributed by atoms with Gasteiger partial charge in [0.2, 0.25) is 5.91 Å². The minimum absolute atomic E-state index is 0.147. The first-order chi connectivity index (χ1) is 11.0. The highest BCUT2D eigenvalue weighted by Gasteiger charge is 2.24. The molecule has 1 aromatic rings. The Morgan fingerprint density at radius 3 is 2.57 bits per heavy atom. The molecule has 23 heavy (non-hydrogen) atoms. The van der Waals surface area contributed by atoms with Crippen molar-refractivity contribution in [3.8, 4) is 5.75 Å². The summed E-state index contributed by atoms with van der Waals surface area (Å²) in [4.78, 5) is 14.6. The number of nitrogens with zero attached hydrogens (tertiary/aromatic N) is 1. The standard InChI is InChI=1S/C18H27ClN2O2/c1-14(2)13-21-10-7-15(8-11-21)18(22)20-9-12-23-17-5-3-16(19)4-6-17/h3-6,14-15H,7-13H2,1-2H3,(H,20,22). The van der Waals surface area contributed by atoms with Crippen molar-refractivity contribution in [3.63, 3.8) is 0 Å². The van der Waals surface area contributed by atoms with Gasteiger partial charge >= 0.3 is 0 Å². The summed E-state index contributed by atoms with van der Waals surface area (Å²) in [5.74, 6) is 1.76. The summed E-state index contributed by atoms with van der Waals surface area (Å²) in [7, 11) is 0. The topological polar surface area (TPSA) is 41.6 Å². The average Bonchev–Trinajstić information content (AvgIpc) is 2.53. The largest absolute Gasteiger partial charge is 0.492 e. The van der Waals surface area contributed by atoms with Crippen molar-refractivity contribution >= 4 is 17.5 Å². The van der Waals surface area contributed by atoms with Crippen LogP contribution in [0.15, 0.2) is 24.3 Å². The molecular formula is C18H27ClN2O2. The molecule has 128 valence electrons. The van der Waals surface area contributed by atoms with Gasteiger partial charge in [0.15, 0.2) is 0 Å². The third kappa shape index (κ3) is 6.40. The summed E-state index contributed by atoms with van der Waals surface area (Å²) in [5.41, 5.74) is 0. The number of hydrogen-bond donors (Lipinski definition) is 1. The van der Waals surface area contributed by atoms with Crippen LogP contribution in [0.25, 0.3) is 0 Å². The lowest BCUT2D eigenvalue weighted by Crippen LogP contribution is -2.42. The van der Waals surface area contributed by atoms with Crippen LogP contribution in [-0.4, -0.2) is 43.6 Å². The van der Waals surface area contributed by atoms with Crippen molar-refractivity contribution in [2.45, 2.75) is 26.7 Å². The Morgan fingerprint density at radius 1 is 1.30 bits per heavy atom. The average molecular weight is 339 g/mol. The monoisotopic (exact) mass is 338 g/mol. The molecule has 0 atom stereocenters. The molecule has 1 heterocycles. The summed E-state index contributed by atoms with van der Waals surface area (Å²) >= 11 is 5.82. The van der Waals surface area contributed by atoms with E-state index in [9.17, 15) is 4.79 Å². The molecule has 2 rings (SSSR count). The van der Waals surface area contributed by atoms with Crippen LogP contribution in [0.1, 0.15) is 26.7 Å². The number of piperidine rings is 1. The van der Waals surface area contributed by atoms with Crippen LogP contribution in [-0.2, 0) is 4.79 Å². The van der Waals surface area contributed by atoms with Gasteiger partial charge in [-0.1, -0.05) is 25.4 Å². The number of hydrogen-bond acceptors (Lipinski definition) is 3. The number of nitrogens with one attached hydrogen (secondary N) is 1. The molecule has 1 aromatic carbocycles. The number of carbonyl (C=O) groups excluding carboxylic acids is 1. The zero-order valence-electron chi connectivity index (χ0n) is 14.1. The van der Waals surface area contributed by atoms with Crippen molar-refractivity contribution in [1.82, 2.24) is 10.2 Å². The molecule has 0 aromatic heterocycles. The molecule has 0 spiro atoms. The first-order valence-corrected chi connectivity index (χ1v) is 8.81. The summed E-state index contributed by atoms with van der Waals surface area (Å²) in [5, 5.41) is 3.67. The first-order valence-electron chi connectivity index (χ1n) is 8.43. The number of benzene rings is 1. The lowest BCUT2D eigenvalue weighted by molar-refractivity contribution is -0.126. The molecule has 1 fully saturated rings. The van der Waals surface area contributed by atoms with Crippen molar-refractivity contribution in [3.05, 3.63) is 29.3 Å².